The number of nitro benzene ring substituents is 1. The maximum Gasteiger partial charge on any atom is 0.269 e. The van der Waals surface area contributed by atoms with Gasteiger partial charge in [0.15, 0.2) is 0 Å². The molecule has 0 radical (unpaired) electrons. The average Bonchev–Trinajstić information content (AvgIpc) is 2.78. The molecule has 9 nitrogen and oxygen atoms in total. The third-order valence-electron chi connectivity index (χ3n) is 5.30. The number of nitriles is 1. The average molecular weight is 437 g/mol. The molecule has 4 rings (SSSR count). The van der Waals surface area contributed by atoms with Gasteiger partial charge in [0, 0.05) is 43.7 Å². The Balaban J connectivity index is 1.56. The lowest BCUT2D eigenvalue weighted by Gasteiger charge is -2.35. The van der Waals surface area contributed by atoms with Gasteiger partial charge in [-0.3, -0.25) is 10.1 Å². The number of non-ortho nitro benzene ring substituents is 1. The fraction of sp³-hybridized carbons (Fsp3) is 0.238. The lowest BCUT2D eigenvalue weighted by Crippen LogP contribution is -2.49. The minimum atomic E-state index is -3.77. The largest absolute Gasteiger partial charge is 0.353 e. The fourth-order valence-corrected chi connectivity index (χ4v) is 5.04. The molecule has 10 heteroatoms. The highest BCUT2D eigenvalue weighted by Gasteiger charge is 2.30. The number of nitrogens with zero attached hydrogens (tertiary/aromatic N) is 5. The summed E-state index contributed by atoms with van der Waals surface area (Å²) in [5, 5.41) is 21.3. The molecular formula is C21H19N5O4S. The van der Waals surface area contributed by atoms with Crippen molar-refractivity contribution < 1.29 is 13.3 Å². The molecule has 2 aromatic carbocycles. The summed E-state index contributed by atoms with van der Waals surface area (Å²) in [4.78, 5) is 16.8. The summed E-state index contributed by atoms with van der Waals surface area (Å²) in [5.41, 5.74) is 2.14. The van der Waals surface area contributed by atoms with E-state index in [9.17, 15) is 23.8 Å². The lowest BCUT2D eigenvalue weighted by atomic mass is 10.1. The zero-order chi connectivity index (χ0) is 22.2. The number of anilines is 1. The Hall–Kier alpha value is -3.55. The van der Waals surface area contributed by atoms with Crippen LogP contribution in [0.5, 0.6) is 0 Å². The molecule has 1 saturated heterocycles. The van der Waals surface area contributed by atoms with Crippen LogP contribution in [0.15, 0.2) is 53.4 Å². The van der Waals surface area contributed by atoms with Crippen LogP contribution >= 0.6 is 0 Å². The van der Waals surface area contributed by atoms with Gasteiger partial charge in [0.25, 0.3) is 5.69 Å². The minimum Gasteiger partial charge on any atom is -0.353 e. The molecule has 0 amide bonds. The van der Waals surface area contributed by atoms with Crippen molar-refractivity contribution >= 4 is 32.4 Å². The van der Waals surface area contributed by atoms with E-state index in [1.54, 1.807) is 6.07 Å². The van der Waals surface area contributed by atoms with E-state index in [0.29, 0.717) is 24.5 Å². The van der Waals surface area contributed by atoms with E-state index in [1.165, 1.54) is 28.6 Å². The van der Waals surface area contributed by atoms with Crippen molar-refractivity contribution in [3.8, 4) is 6.07 Å². The second-order valence-corrected chi connectivity index (χ2v) is 9.25. The number of pyridine rings is 1. The van der Waals surface area contributed by atoms with Crippen LogP contribution in [-0.2, 0) is 10.0 Å². The van der Waals surface area contributed by atoms with Crippen molar-refractivity contribution in [1.29, 1.82) is 5.26 Å². The van der Waals surface area contributed by atoms with Crippen LogP contribution in [0.3, 0.4) is 0 Å². The van der Waals surface area contributed by atoms with E-state index in [2.05, 4.69) is 11.1 Å². The third kappa shape index (κ3) is 3.93. The number of fused-ring (bicyclic) bond motifs is 1. The van der Waals surface area contributed by atoms with Crippen molar-refractivity contribution in [3.63, 3.8) is 0 Å². The Morgan fingerprint density at radius 3 is 2.35 bits per heavy atom. The van der Waals surface area contributed by atoms with E-state index < -0.39 is 14.9 Å². The first-order valence-corrected chi connectivity index (χ1v) is 11.0. The van der Waals surface area contributed by atoms with Gasteiger partial charge in [-0.25, -0.2) is 13.4 Å². The van der Waals surface area contributed by atoms with Gasteiger partial charge >= 0.3 is 0 Å². The summed E-state index contributed by atoms with van der Waals surface area (Å²) in [5.74, 6) is 0.549. The first-order chi connectivity index (χ1) is 14.8. The zero-order valence-corrected chi connectivity index (χ0v) is 17.5. The standard InChI is InChI=1S/C21H19N5O4S/c1-15-2-3-16-13-17(14-22)21(23-20(16)12-15)24-8-10-25(11-9-24)31(29,30)19-6-4-18(5-7-19)26(27)28/h2-7,12-13H,8-11H2,1H3. The van der Waals surface area contributed by atoms with Crippen LogP contribution in [-0.4, -0.2) is 48.8 Å². The number of aryl methyl sites for hydroxylation is 1. The molecule has 0 atom stereocenters. The van der Waals surface area contributed by atoms with Crippen LogP contribution in [0, 0.1) is 28.4 Å². The third-order valence-corrected chi connectivity index (χ3v) is 7.21. The van der Waals surface area contributed by atoms with Gasteiger partial charge in [0.1, 0.15) is 11.9 Å². The molecule has 1 aromatic heterocycles. The van der Waals surface area contributed by atoms with E-state index in [4.69, 9.17) is 0 Å². The number of benzene rings is 2. The topological polar surface area (TPSA) is 120 Å². The summed E-state index contributed by atoms with van der Waals surface area (Å²) in [6.45, 7) is 3.17. The molecule has 31 heavy (non-hydrogen) atoms. The number of piperazine rings is 1. The van der Waals surface area contributed by atoms with E-state index >= 15 is 0 Å². The van der Waals surface area contributed by atoms with Crippen molar-refractivity contribution in [2.24, 2.45) is 0 Å². The zero-order valence-electron chi connectivity index (χ0n) is 16.7. The maximum atomic E-state index is 12.9. The summed E-state index contributed by atoms with van der Waals surface area (Å²) in [7, 11) is -3.77. The predicted octanol–water partition coefficient (Wildman–Crippen LogP) is 2.83. The molecule has 0 N–H and O–H groups in total. The Morgan fingerprint density at radius 2 is 1.74 bits per heavy atom. The smallest absolute Gasteiger partial charge is 0.269 e. The highest BCUT2D eigenvalue weighted by molar-refractivity contribution is 7.89. The molecule has 158 valence electrons. The molecule has 3 aromatic rings. The summed E-state index contributed by atoms with van der Waals surface area (Å²) in [6.07, 6.45) is 0. The van der Waals surface area contributed by atoms with Gasteiger partial charge in [-0.05, 0) is 36.8 Å². The van der Waals surface area contributed by atoms with Crippen molar-refractivity contribution in [3.05, 3.63) is 69.8 Å². The summed E-state index contributed by atoms with van der Waals surface area (Å²) in [6, 6.07) is 14.7. The SMILES string of the molecule is Cc1ccc2cc(C#N)c(N3CCN(S(=O)(=O)c4ccc([N+](=O)[O-])cc4)CC3)nc2c1. The van der Waals surface area contributed by atoms with Crippen molar-refractivity contribution in [2.75, 3.05) is 31.1 Å². The number of rotatable bonds is 4. The summed E-state index contributed by atoms with van der Waals surface area (Å²) < 4.78 is 27.2. The highest BCUT2D eigenvalue weighted by atomic mass is 32.2. The number of hydrogen-bond donors (Lipinski definition) is 0. The van der Waals surface area contributed by atoms with Gasteiger partial charge in [-0.1, -0.05) is 12.1 Å². The predicted molar refractivity (Wildman–Crippen MR) is 115 cm³/mol. The van der Waals surface area contributed by atoms with E-state index in [1.807, 2.05) is 30.0 Å². The number of aromatic nitrogens is 1. The number of hydrogen-bond acceptors (Lipinski definition) is 7. The quantitative estimate of drug-likeness (QED) is 0.454. The van der Waals surface area contributed by atoms with E-state index in [0.717, 1.165) is 16.5 Å². The normalized spacial score (nSPS) is 15.0. The first-order valence-electron chi connectivity index (χ1n) is 9.60. The number of sulfonamides is 1. The van der Waals surface area contributed by atoms with Crippen LogP contribution in [0.1, 0.15) is 11.1 Å². The van der Waals surface area contributed by atoms with Gasteiger partial charge in [0.2, 0.25) is 10.0 Å². The Kier molecular flexibility index (Phi) is 5.31. The second kappa shape index (κ2) is 7.94. The van der Waals surface area contributed by atoms with E-state index in [-0.39, 0.29) is 23.7 Å². The molecule has 2 heterocycles. The number of nitro groups is 1. The van der Waals surface area contributed by atoms with Crippen LogP contribution in [0.4, 0.5) is 11.5 Å². The molecule has 1 aliphatic heterocycles. The fourth-order valence-electron chi connectivity index (χ4n) is 3.62. The monoisotopic (exact) mass is 437 g/mol. The molecular weight excluding hydrogens is 418 g/mol. The molecule has 0 saturated carbocycles. The van der Waals surface area contributed by atoms with Gasteiger partial charge in [0.05, 0.1) is 20.9 Å². The first kappa shape index (κ1) is 20.7. The van der Waals surface area contributed by atoms with Crippen molar-refractivity contribution in [1.82, 2.24) is 9.29 Å². The highest BCUT2D eigenvalue weighted by Crippen LogP contribution is 2.26. The molecule has 0 unspecified atom stereocenters. The molecule has 0 spiro atoms. The lowest BCUT2D eigenvalue weighted by molar-refractivity contribution is -0.384. The molecule has 0 bridgehead atoms. The maximum absolute atomic E-state index is 12.9. The van der Waals surface area contributed by atoms with Crippen molar-refractivity contribution in [2.45, 2.75) is 11.8 Å². The Bertz CT molecular complexity index is 1310. The molecule has 1 aliphatic rings. The Labute approximate surface area is 179 Å². The van der Waals surface area contributed by atoms with Gasteiger partial charge in [-0.15, -0.1) is 0 Å². The van der Waals surface area contributed by atoms with Crippen LogP contribution in [0.25, 0.3) is 10.9 Å². The van der Waals surface area contributed by atoms with Gasteiger partial charge < -0.3 is 4.90 Å². The van der Waals surface area contributed by atoms with Gasteiger partial charge in [-0.2, -0.15) is 9.57 Å². The van der Waals surface area contributed by atoms with Crippen LogP contribution < -0.4 is 4.90 Å². The summed E-state index contributed by atoms with van der Waals surface area (Å²) >= 11 is 0. The second-order valence-electron chi connectivity index (χ2n) is 7.31. The van der Waals surface area contributed by atoms with Crippen LogP contribution in [0.2, 0.25) is 0 Å². The Morgan fingerprint density at radius 1 is 1.06 bits per heavy atom. The molecule has 0 aliphatic carbocycles. The molecule has 1 fully saturated rings. The minimum absolute atomic E-state index is 0.0172.